The normalized spacial score (nSPS) is 17.8. The van der Waals surface area contributed by atoms with Gasteiger partial charge >= 0.3 is 0 Å². The third-order valence-electron chi connectivity index (χ3n) is 3.82. The van der Waals surface area contributed by atoms with Crippen LogP contribution < -0.4 is 10.2 Å². The summed E-state index contributed by atoms with van der Waals surface area (Å²) in [5, 5.41) is 1.83. The summed E-state index contributed by atoms with van der Waals surface area (Å²) in [5.41, 5.74) is 1.50. The molecule has 23 heavy (non-hydrogen) atoms. The first-order valence-corrected chi connectivity index (χ1v) is 8.04. The minimum Gasteiger partial charge on any atom is -0.332 e. The first kappa shape index (κ1) is 15.8. The number of hydrogen-bond donors (Lipinski definition) is 1. The van der Waals surface area contributed by atoms with Crippen molar-refractivity contribution >= 4 is 33.4 Å². The van der Waals surface area contributed by atoms with Crippen molar-refractivity contribution in [1.82, 2.24) is 0 Å². The monoisotopic (exact) mass is 377 g/mol. The van der Waals surface area contributed by atoms with Crippen LogP contribution in [0.4, 0.5) is 10.1 Å². The second kappa shape index (κ2) is 6.60. The van der Waals surface area contributed by atoms with Crippen molar-refractivity contribution in [2.45, 2.75) is 19.0 Å². The lowest BCUT2D eigenvalue weighted by atomic mass is 10.2. The van der Waals surface area contributed by atoms with Gasteiger partial charge in [-0.2, -0.15) is 0 Å². The number of nitrogens with two attached hydrogens (primary N) is 1. The Morgan fingerprint density at radius 2 is 1.74 bits per heavy atom. The predicted octanol–water partition coefficient (Wildman–Crippen LogP) is 1.98. The highest BCUT2D eigenvalue weighted by Gasteiger charge is 2.42. The van der Waals surface area contributed by atoms with Gasteiger partial charge < -0.3 is 5.32 Å². The van der Waals surface area contributed by atoms with E-state index >= 15 is 0 Å². The van der Waals surface area contributed by atoms with E-state index in [1.165, 1.54) is 17.0 Å². The number of halogens is 2. The van der Waals surface area contributed by atoms with E-state index in [1.54, 1.807) is 36.4 Å². The molecule has 1 aliphatic rings. The molecule has 1 saturated heterocycles. The Kier molecular flexibility index (Phi) is 4.54. The molecule has 2 aromatic carbocycles. The van der Waals surface area contributed by atoms with Crippen LogP contribution in [-0.2, 0) is 16.1 Å². The number of rotatable bonds is 4. The molecule has 3 rings (SSSR count). The van der Waals surface area contributed by atoms with Crippen LogP contribution in [-0.4, -0.2) is 17.9 Å². The molecule has 1 fully saturated rings. The van der Waals surface area contributed by atoms with Crippen LogP contribution in [0, 0.1) is 5.82 Å². The smallest absolute Gasteiger partial charge is 0.292 e. The van der Waals surface area contributed by atoms with Crippen molar-refractivity contribution in [3.05, 3.63) is 64.4 Å². The molecular weight excluding hydrogens is 363 g/mol. The highest BCUT2D eigenvalue weighted by molar-refractivity contribution is 9.10. The van der Waals surface area contributed by atoms with Gasteiger partial charge in [0.05, 0.1) is 12.1 Å². The van der Waals surface area contributed by atoms with Gasteiger partial charge in [0.1, 0.15) is 12.4 Å². The summed E-state index contributed by atoms with van der Waals surface area (Å²) in [6.45, 7) is 0.526. The number of nitrogens with zero attached hydrogens (tertiary/aromatic N) is 1. The lowest BCUT2D eigenvalue weighted by Gasteiger charge is -2.14. The minimum atomic E-state index is -0.434. The first-order valence-electron chi connectivity index (χ1n) is 7.25. The highest BCUT2D eigenvalue weighted by atomic mass is 79.9. The Morgan fingerprint density at radius 1 is 1.09 bits per heavy atom. The third kappa shape index (κ3) is 3.48. The lowest BCUT2D eigenvalue weighted by molar-refractivity contribution is -0.690. The van der Waals surface area contributed by atoms with E-state index in [0.717, 1.165) is 10.0 Å². The van der Waals surface area contributed by atoms with Gasteiger partial charge in [0.25, 0.3) is 5.91 Å². The first-order chi connectivity index (χ1) is 11.0. The van der Waals surface area contributed by atoms with Crippen molar-refractivity contribution in [3.63, 3.8) is 0 Å². The molecule has 4 nitrogen and oxygen atoms in total. The Balaban J connectivity index is 1.68. The molecule has 0 unspecified atom stereocenters. The molecule has 2 N–H and O–H groups in total. The van der Waals surface area contributed by atoms with Crippen molar-refractivity contribution in [2.24, 2.45) is 0 Å². The maximum Gasteiger partial charge on any atom is 0.292 e. The minimum absolute atomic E-state index is 0.177. The van der Waals surface area contributed by atoms with Crippen molar-refractivity contribution in [3.8, 4) is 0 Å². The zero-order valence-corrected chi connectivity index (χ0v) is 13.8. The quantitative estimate of drug-likeness (QED) is 0.828. The zero-order chi connectivity index (χ0) is 16.4. The number of benzene rings is 2. The van der Waals surface area contributed by atoms with Crippen LogP contribution in [0.2, 0.25) is 0 Å². The Bertz CT molecular complexity index is 731. The molecule has 2 aromatic rings. The molecule has 0 aliphatic carbocycles. The van der Waals surface area contributed by atoms with Gasteiger partial charge in [-0.15, -0.1) is 0 Å². The number of hydrogen-bond acceptors (Lipinski definition) is 2. The number of carbonyl (C=O) groups is 2. The van der Waals surface area contributed by atoms with Gasteiger partial charge in [-0.3, -0.25) is 9.59 Å². The van der Waals surface area contributed by atoms with E-state index in [4.69, 9.17) is 0 Å². The number of anilines is 1. The average molecular weight is 378 g/mol. The van der Waals surface area contributed by atoms with Crippen LogP contribution >= 0.6 is 15.9 Å². The maximum atomic E-state index is 12.9. The zero-order valence-electron chi connectivity index (χ0n) is 12.2. The van der Waals surface area contributed by atoms with Crippen LogP contribution in [0.5, 0.6) is 0 Å². The molecule has 1 atom stereocenters. The van der Waals surface area contributed by atoms with Crippen molar-refractivity contribution in [1.29, 1.82) is 0 Å². The summed E-state index contributed by atoms with van der Waals surface area (Å²) < 4.78 is 13.8. The molecule has 0 bridgehead atoms. The van der Waals surface area contributed by atoms with Gasteiger partial charge in [-0.05, 0) is 36.4 Å². The molecule has 1 heterocycles. The van der Waals surface area contributed by atoms with Gasteiger partial charge in [-0.1, -0.05) is 28.1 Å². The summed E-state index contributed by atoms with van der Waals surface area (Å²) in [4.78, 5) is 25.9. The SMILES string of the molecule is O=C1C[C@@H]([NH2+]Cc2ccc(F)cc2)C(=O)N1c1ccc(Br)cc1. The molecule has 6 heteroatoms. The molecule has 1 aliphatic heterocycles. The molecule has 118 valence electrons. The Morgan fingerprint density at radius 3 is 2.39 bits per heavy atom. The standard InChI is InChI=1S/C17H14BrFN2O2/c18-12-3-7-14(8-4-12)21-16(22)9-15(17(21)23)20-10-11-1-5-13(19)6-2-11/h1-8,15,20H,9-10H2/p+1/t15-/m1/s1. The van der Waals surface area contributed by atoms with Crippen LogP contribution in [0.1, 0.15) is 12.0 Å². The van der Waals surface area contributed by atoms with Crippen LogP contribution in [0.15, 0.2) is 53.0 Å². The van der Waals surface area contributed by atoms with E-state index in [9.17, 15) is 14.0 Å². The number of amides is 2. The van der Waals surface area contributed by atoms with Crippen molar-refractivity contribution < 1.29 is 19.3 Å². The fourth-order valence-electron chi connectivity index (χ4n) is 2.60. The summed E-state index contributed by atoms with van der Waals surface area (Å²) in [5.74, 6) is -0.695. The summed E-state index contributed by atoms with van der Waals surface area (Å²) in [6, 6.07) is 12.8. The predicted molar refractivity (Wildman–Crippen MR) is 87.1 cm³/mol. The summed E-state index contributed by atoms with van der Waals surface area (Å²) in [6.07, 6.45) is 0.177. The summed E-state index contributed by atoms with van der Waals surface area (Å²) >= 11 is 3.33. The average Bonchev–Trinajstić information content (AvgIpc) is 2.82. The highest BCUT2D eigenvalue weighted by Crippen LogP contribution is 2.23. The topological polar surface area (TPSA) is 54.0 Å². The maximum absolute atomic E-state index is 12.9. The van der Waals surface area contributed by atoms with Crippen LogP contribution in [0.3, 0.4) is 0 Å². The Hall–Kier alpha value is -2.05. The van der Waals surface area contributed by atoms with E-state index in [2.05, 4.69) is 15.9 Å². The van der Waals surface area contributed by atoms with Gasteiger partial charge in [0.15, 0.2) is 6.04 Å². The third-order valence-corrected chi connectivity index (χ3v) is 4.35. The molecular formula is C17H15BrFN2O2+. The van der Waals surface area contributed by atoms with Gasteiger partial charge in [0, 0.05) is 10.0 Å². The second-order valence-electron chi connectivity index (χ2n) is 5.42. The fourth-order valence-corrected chi connectivity index (χ4v) is 2.86. The number of imide groups is 1. The summed E-state index contributed by atoms with van der Waals surface area (Å²) in [7, 11) is 0. The molecule has 2 amide bonds. The molecule has 0 radical (unpaired) electrons. The Labute approximate surface area is 141 Å². The van der Waals surface area contributed by atoms with E-state index in [-0.39, 0.29) is 24.1 Å². The molecule has 0 aromatic heterocycles. The number of quaternary nitrogens is 1. The largest absolute Gasteiger partial charge is 0.332 e. The van der Waals surface area contributed by atoms with E-state index < -0.39 is 6.04 Å². The van der Waals surface area contributed by atoms with E-state index in [0.29, 0.717) is 12.2 Å². The van der Waals surface area contributed by atoms with Gasteiger partial charge in [-0.25, -0.2) is 9.29 Å². The lowest BCUT2D eigenvalue weighted by Crippen LogP contribution is -2.90. The second-order valence-corrected chi connectivity index (χ2v) is 6.34. The van der Waals surface area contributed by atoms with Gasteiger partial charge in [0.2, 0.25) is 5.91 Å². The number of carbonyl (C=O) groups excluding carboxylic acids is 2. The molecule has 0 spiro atoms. The van der Waals surface area contributed by atoms with E-state index in [1.807, 2.05) is 5.32 Å². The fraction of sp³-hybridized carbons (Fsp3) is 0.176. The van der Waals surface area contributed by atoms with Crippen molar-refractivity contribution in [2.75, 3.05) is 4.90 Å². The van der Waals surface area contributed by atoms with Crippen LogP contribution in [0.25, 0.3) is 0 Å². The molecule has 0 saturated carbocycles.